The molecule has 1 fully saturated rings. The molecular weight excluding hydrogens is 370 g/mol. The molecule has 0 spiro atoms. The summed E-state index contributed by atoms with van der Waals surface area (Å²) in [7, 11) is 0. The quantitative estimate of drug-likeness (QED) is 0.740. The summed E-state index contributed by atoms with van der Waals surface area (Å²) in [6, 6.07) is 5.61. The Kier molecular flexibility index (Phi) is 5.08. The first-order valence-corrected chi connectivity index (χ1v) is 9.99. The molecule has 8 nitrogen and oxygen atoms in total. The second-order valence-electron chi connectivity index (χ2n) is 7.79. The second kappa shape index (κ2) is 7.69. The number of fused-ring (bicyclic) bond motifs is 1. The van der Waals surface area contributed by atoms with Crippen LogP contribution in [0.3, 0.4) is 0 Å². The van der Waals surface area contributed by atoms with Crippen LogP contribution in [-0.2, 0) is 9.59 Å². The monoisotopic (exact) mass is 395 g/mol. The van der Waals surface area contributed by atoms with Gasteiger partial charge in [0.15, 0.2) is 0 Å². The van der Waals surface area contributed by atoms with E-state index < -0.39 is 5.92 Å². The lowest BCUT2D eigenvalue weighted by Gasteiger charge is -2.29. The van der Waals surface area contributed by atoms with Crippen LogP contribution in [0.15, 0.2) is 23.0 Å². The zero-order valence-corrected chi connectivity index (χ0v) is 16.7. The number of carbonyl (C=O) groups is 2. The molecule has 152 valence electrons. The second-order valence-corrected chi connectivity index (χ2v) is 7.79. The summed E-state index contributed by atoms with van der Waals surface area (Å²) in [6.45, 7) is 5.58. The average molecular weight is 395 g/mol. The molecule has 8 heteroatoms. The van der Waals surface area contributed by atoms with E-state index in [1.807, 2.05) is 36.9 Å². The number of anilines is 3. The van der Waals surface area contributed by atoms with Crippen LogP contribution in [0.25, 0.3) is 0 Å². The van der Waals surface area contributed by atoms with Gasteiger partial charge >= 0.3 is 0 Å². The number of benzene rings is 1. The topological polar surface area (TPSA) is 107 Å². The lowest BCUT2D eigenvalue weighted by Crippen LogP contribution is -2.38. The van der Waals surface area contributed by atoms with Gasteiger partial charge < -0.3 is 15.5 Å². The van der Waals surface area contributed by atoms with Crippen molar-refractivity contribution in [3.63, 3.8) is 0 Å². The summed E-state index contributed by atoms with van der Waals surface area (Å²) in [5.74, 6) is -0.954. The number of aryl methyl sites for hydroxylation is 2. The maximum atomic E-state index is 12.9. The summed E-state index contributed by atoms with van der Waals surface area (Å²) < 4.78 is 0. The van der Waals surface area contributed by atoms with Crippen molar-refractivity contribution < 1.29 is 9.59 Å². The molecule has 0 unspecified atom stereocenters. The number of aromatic nitrogens is 2. The minimum absolute atomic E-state index is 0.0858. The van der Waals surface area contributed by atoms with Crippen LogP contribution >= 0.6 is 0 Å². The fourth-order valence-electron chi connectivity index (χ4n) is 3.89. The number of piperidine rings is 1. The first-order chi connectivity index (χ1) is 13.9. The average Bonchev–Trinajstić information content (AvgIpc) is 2.70. The summed E-state index contributed by atoms with van der Waals surface area (Å²) in [4.78, 5) is 47.3. The van der Waals surface area contributed by atoms with Gasteiger partial charge in [0.25, 0.3) is 5.56 Å². The number of nitrogens with zero attached hydrogens (tertiary/aromatic N) is 2. The SMILES string of the molecule is Cc1ccc(NC(=O)[C@H]2CC(=O)Nc3nc(N4CCCCC4)[nH]c(=O)c32)cc1C. The van der Waals surface area contributed by atoms with Crippen LogP contribution in [0.1, 0.15) is 48.3 Å². The molecule has 2 aromatic rings. The number of rotatable bonds is 3. The van der Waals surface area contributed by atoms with Crippen LogP contribution in [0.5, 0.6) is 0 Å². The van der Waals surface area contributed by atoms with Gasteiger partial charge in [-0.15, -0.1) is 0 Å². The Labute approximate surface area is 168 Å². The highest BCUT2D eigenvalue weighted by Crippen LogP contribution is 2.30. The predicted octanol–water partition coefficient (Wildman–Crippen LogP) is 2.44. The highest BCUT2D eigenvalue weighted by Gasteiger charge is 2.35. The first kappa shape index (κ1) is 19.2. The minimum atomic E-state index is -0.882. The van der Waals surface area contributed by atoms with Crippen molar-refractivity contribution in [3.8, 4) is 0 Å². The maximum absolute atomic E-state index is 12.9. The molecule has 0 bridgehead atoms. The first-order valence-electron chi connectivity index (χ1n) is 9.99. The summed E-state index contributed by atoms with van der Waals surface area (Å²) >= 11 is 0. The Morgan fingerprint density at radius 2 is 1.90 bits per heavy atom. The van der Waals surface area contributed by atoms with Gasteiger partial charge in [0.05, 0.1) is 11.5 Å². The predicted molar refractivity (Wildman–Crippen MR) is 111 cm³/mol. The molecule has 2 amide bonds. The van der Waals surface area contributed by atoms with Crippen LogP contribution in [-0.4, -0.2) is 34.9 Å². The van der Waals surface area contributed by atoms with Crippen LogP contribution < -0.4 is 21.1 Å². The van der Waals surface area contributed by atoms with Gasteiger partial charge in [-0.3, -0.25) is 19.4 Å². The third-order valence-electron chi connectivity index (χ3n) is 5.69. The maximum Gasteiger partial charge on any atom is 0.258 e. The molecular formula is C21H25N5O3. The van der Waals surface area contributed by atoms with Crippen molar-refractivity contribution in [2.75, 3.05) is 28.6 Å². The van der Waals surface area contributed by atoms with Crippen LogP contribution in [0.4, 0.5) is 17.5 Å². The zero-order valence-electron chi connectivity index (χ0n) is 16.7. The fourth-order valence-corrected chi connectivity index (χ4v) is 3.89. The number of hydrogen-bond acceptors (Lipinski definition) is 5. The highest BCUT2D eigenvalue weighted by atomic mass is 16.2. The van der Waals surface area contributed by atoms with Gasteiger partial charge in [-0.25, -0.2) is 0 Å². The molecule has 29 heavy (non-hydrogen) atoms. The van der Waals surface area contributed by atoms with Gasteiger partial charge in [0, 0.05) is 25.2 Å². The number of nitrogens with one attached hydrogen (secondary N) is 3. The fraction of sp³-hybridized carbons (Fsp3) is 0.429. The lowest BCUT2D eigenvalue weighted by atomic mass is 9.92. The van der Waals surface area contributed by atoms with E-state index in [2.05, 4.69) is 20.6 Å². The van der Waals surface area contributed by atoms with Crippen LogP contribution in [0, 0.1) is 13.8 Å². The molecule has 1 aromatic carbocycles. The smallest absolute Gasteiger partial charge is 0.258 e. The van der Waals surface area contributed by atoms with Crippen molar-refractivity contribution in [3.05, 3.63) is 45.2 Å². The Hall–Kier alpha value is -3.16. The van der Waals surface area contributed by atoms with Gasteiger partial charge in [-0.2, -0.15) is 4.98 Å². The lowest BCUT2D eigenvalue weighted by molar-refractivity contribution is -0.123. The number of aromatic amines is 1. The third-order valence-corrected chi connectivity index (χ3v) is 5.69. The van der Waals surface area contributed by atoms with E-state index in [0.717, 1.165) is 43.5 Å². The molecule has 2 aliphatic heterocycles. The molecule has 0 radical (unpaired) electrons. The number of hydrogen-bond donors (Lipinski definition) is 3. The molecule has 3 heterocycles. The van der Waals surface area contributed by atoms with Gasteiger partial charge in [0.1, 0.15) is 5.82 Å². The summed E-state index contributed by atoms with van der Waals surface area (Å²) in [5.41, 5.74) is 2.65. The summed E-state index contributed by atoms with van der Waals surface area (Å²) in [6.07, 6.45) is 3.14. The van der Waals surface area contributed by atoms with Crippen molar-refractivity contribution in [2.24, 2.45) is 0 Å². The normalized spacial score (nSPS) is 18.8. The Morgan fingerprint density at radius 3 is 2.62 bits per heavy atom. The van der Waals surface area contributed by atoms with Crippen molar-refractivity contribution in [1.29, 1.82) is 0 Å². The number of amides is 2. The number of carbonyl (C=O) groups excluding carboxylic acids is 2. The van der Waals surface area contributed by atoms with E-state index in [4.69, 9.17) is 0 Å². The molecule has 0 saturated carbocycles. The standard InChI is InChI=1S/C21H25N5O3/c1-12-6-7-14(10-13(12)2)22-19(28)15-11-16(27)23-18-17(15)20(29)25-21(24-18)26-8-4-3-5-9-26/h6-7,10,15H,3-5,8-9,11H2,1-2H3,(H,22,28)(H2,23,24,25,27,29)/t15-/m0/s1. The van der Waals surface area contributed by atoms with E-state index in [9.17, 15) is 14.4 Å². The van der Waals surface area contributed by atoms with Crippen LogP contribution in [0.2, 0.25) is 0 Å². The van der Waals surface area contributed by atoms with E-state index >= 15 is 0 Å². The zero-order chi connectivity index (χ0) is 20.5. The van der Waals surface area contributed by atoms with Gasteiger partial charge in [-0.1, -0.05) is 6.07 Å². The van der Waals surface area contributed by atoms with E-state index in [-0.39, 0.29) is 35.2 Å². The van der Waals surface area contributed by atoms with E-state index in [1.165, 1.54) is 0 Å². The largest absolute Gasteiger partial charge is 0.342 e. The van der Waals surface area contributed by atoms with Crippen molar-refractivity contribution in [1.82, 2.24) is 9.97 Å². The van der Waals surface area contributed by atoms with Crippen molar-refractivity contribution >= 4 is 29.3 Å². The molecule has 2 aliphatic rings. The Morgan fingerprint density at radius 1 is 1.14 bits per heavy atom. The van der Waals surface area contributed by atoms with Gasteiger partial charge in [-0.05, 0) is 56.4 Å². The molecule has 3 N–H and O–H groups in total. The molecule has 0 aliphatic carbocycles. The molecule has 4 rings (SSSR count). The minimum Gasteiger partial charge on any atom is -0.342 e. The van der Waals surface area contributed by atoms with Gasteiger partial charge in [0.2, 0.25) is 17.8 Å². The highest BCUT2D eigenvalue weighted by molar-refractivity contribution is 6.04. The van der Waals surface area contributed by atoms with Crippen molar-refractivity contribution in [2.45, 2.75) is 45.4 Å². The Bertz CT molecular complexity index is 1020. The molecule has 1 atom stereocenters. The molecule has 1 saturated heterocycles. The Balaban J connectivity index is 1.64. The van der Waals surface area contributed by atoms with E-state index in [1.54, 1.807) is 0 Å². The summed E-state index contributed by atoms with van der Waals surface area (Å²) in [5, 5.41) is 5.51. The molecule has 1 aromatic heterocycles. The number of H-pyrrole nitrogens is 1. The van der Waals surface area contributed by atoms with E-state index in [0.29, 0.717) is 11.6 Å². The third kappa shape index (κ3) is 3.87.